The van der Waals surface area contributed by atoms with E-state index in [-0.39, 0.29) is 23.7 Å². The van der Waals surface area contributed by atoms with Gasteiger partial charge < -0.3 is 10.2 Å². The van der Waals surface area contributed by atoms with Crippen LogP contribution in [0.5, 0.6) is 0 Å². The summed E-state index contributed by atoms with van der Waals surface area (Å²) in [5.74, 6) is -0.161. The standard InChI is InChI=1S/C17H23ClN2O2/c1-3-20(4-2)17(22)15-11-14(15)16(21)19-9-8-12-6-5-7-13(18)10-12/h5-7,10,14-15H,3-4,8-9,11H2,1-2H3,(H,19,21). The van der Waals surface area contributed by atoms with Gasteiger partial charge in [-0.2, -0.15) is 0 Å². The van der Waals surface area contributed by atoms with Gasteiger partial charge in [-0.3, -0.25) is 9.59 Å². The molecule has 2 rings (SSSR count). The Morgan fingerprint density at radius 1 is 1.27 bits per heavy atom. The van der Waals surface area contributed by atoms with Gasteiger partial charge in [-0.15, -0.1) is 0 Å². The van der Waals surface area contributed by atoms with E-state index in [2.05, 4.69) is 5.32 Å². The average molecular weight is 323 g/mol. The first kappa shape index (κ1) is 16.8. The molecule has 0 bridgehead atoms. The van der Waals surface area contributed by atoms with Gasteiger partial charge in [0.2, 0.25) is 11.8 Å². The fourth-order valence-electron chi connectivity index (χ4n) is 2.68. The van der Waals surface area contributed by atoms with Crippen LogP contribution in [0.2, 0.25) is 5.02 Å². The van der Waals surface area contributed by atoms with Crippen LogP contribution in [0.25, 0.3) is 0 Å². The highest BCUT2D eigenvalue weighted by molar-refractivity contribution is 6.30. The number of amides is 2. The number of nitrogens with zero attached hydrogens (tertiary/aromatic N) is 1. The Labute approximate surface area is 136 Å². The van der Waals surface area contributed by atoms with Crippen LogP contribution in [0.1, 0.15) is 25.8 Å². The number of halogens is 1. The van der Waals surface area contributed by atoms with E-state index >= 15 is 0 Å². The molecule has 2 amide bonds. The topological polar surface area (TPSA) is 49.4 Å². The van der Waals surface area contributed by atoms with E-state index in [1.54, 1.807) is 4.90 Å². The number of nitrogens with one attached hydrogen (secondary N) is 1. The zero-order valence-corrected chi connectivity index (χ0v) is 13.9. The smallest absolute Gasteiger partial charge is 0.226 e. The van der Waals surface area contributed by atoms with Crippen molar-refractivity contribution in [1.29, 1.82) is 0 Å². The molecule has 4 nitrogen and oxygen atoms in total. The molecular formula is C17H23ClN2O2. The highest BCUT2D eigenvalue weighted by Gasteiger charge is 2.48. The molecule has 1 aliphatic carbocycles. The molecule has 120 valence electrons. The van der Waals surface area contributed by atoms with Gasteiger partial charge in [-0.25, -0.2) is 0 Å². The third-order valence-corrected chi connectivity index (χ3v) is 4.36. The lowest BCUT2D eigenvalue weighted by molar-refractivity contribution is -0.134. The lowest BCUT2D eigenvalue weighted by Crippen LogP contribution is -2.34. The van der Waals surface area contributed by atoms with Gasteiger partial charge in [-0.05, 0) is 44.4 Å². The molecule has 1 aliphatic rings. The Kier molecular flexibility index (Phi) is 5.83. The molecule has 0 radical (unpaired) electrons. The molecular weight excluding hydrogens is 300 g/mol. The first-order valence-electron chi connectivity index (χ1n) is 7.87. The fraction of sp³-hybridized carbons (Fsp3) is 0.529. The average Bonchev–Trinajstić information content (AvgIpc) is 3.29. The number of hydrogen-bond acceptors (Lipinski definition) is 2. The zero-order valence-electron chi connectivity index (χ0n) is 13.1. The third kappa shape index (κ3) is 4.23. The maximum atomic E-state index is 12.1. The second-order valence-electron chi connectivity index (χ2n) is 5.63. The van der Waals surface area contributed by atoms with Gasteiger partial charge in [0, 0.05) is 24.7 Å². The monoisotopic (exact) mass is 322 g/mol. The molecule has 0 spiro atoms. The number of carbonyl (C=O) groups excluding carboxylic acids is 2. The second kappa shape index (κ2) is 7.63. The van der Waals surface area contributed by atoms with Gasteiger partial charge in [0.15, 0.2) is 0 Å². The molecule has 1 aromatic carbocycles. The summed E-state index contributed by atoms with van der Waals surface area (Å²) in [7, 11) is 0. The number of rotatable bonds is 7. The van der Waals surface area contributed by atoms with E-state index in [1.165, 1.54) is 0 Å². The van der Waals surface area contributed by atoms with Gasteiger partial charge in [0.25, 0.3) is 0 Å². The van der Waals surface area contributed by atoms with Crippen LogP contribution in [-0.4, -0.2) is 36.3 Å². The summed E-state index contributed by atoms with van der Waals surface area (Å²) in [6, 6.07) is 7.62. The van der Waals surface area contributed by atoms with Crippen molar-refractivity contribution in [3.8, 4) is 0 Å². The molecule has 1 fully saturated rings. The Balaban J connectivity index is 1.74. The molecule has 2 atom stereocenters. The Morgan fingerprint density at radius 3 is 2.64 bits per heavy atom. The van der Waals surface area contributed by atoms with E-state index in [0.717, 1.165) is 12.0 Å². The quantitative estimate of drug-likeness (QED) is 0.838. The van der Waals surface area contributed by atoms with Crippen molar-refractivity contribution in [1.82, 2.24) is 10.2 Å². The van der Waals surface area contributed by atoms with E-state index < -0.39 is 0 Å². The van der Waals surface area contributed by atoms with Gasteiger partial charge >= 0.3 is 0 Å². The van der Waals surface area contributed by atoms with Crippen LogP contribution >= 0.6 is 11.6 Å². The van der Waals surface area contributed by atoms with Crippen LogP contribution in [0, 0.1) is 11.8 Å². The van der Waals surface area contributed by atoms with E-state index in [0.29, 0.717) is 31.1 Å². The van der Waals surface area contributed by atoms with Crippen LogP contribution in [0.4, 0.5) is 0 Å². The molecule has 0 aromatic heterocycles. The molecule has 0 saturated heterocycles. The SMILES string of the molecule is CCN(CC)C(=O)C1CC1C(=O)NCCc1cccc(Cl)c1. The summed E-state index contributed by atoms with van der Waals surface area (Å²) in [4.78, 5) is 26.0. The normalized spacial score (nSPS) is 19.6. The lowest BCUT2D eigenvalue weighted by Gasteiger charge is -2.18. The molecule has 22 heavy (non-hydrogen) atoms. The van der Waals surface area contributed by atoms with E-state index in [1.807, 2.05) is 38.1 Å². The molecule has 1 saturated carbocycles. The van der Waals surface area contributed by atoms with Crippen molar-refractivity contribution in [3.05, 3.63) is 34.9 Å². The summed E-state index contributed by atoms with van der Waals surface area (Å²) in [6.45, 7) is 5.90. The highest BCUT2D eigenvalue weighted by Crippen LogP contribution is 2.40. The predicted octanol–water partition coefficient (Wildman–Crippen LogP) is 2.50. The van der Waals surface area contributed by atoms with Gasteiger partial charge in [-0.1, -0.05) is 23.7 Å². The maximum absolute atomic E-state index is 12.1. The zero-order chi connectivity index (χ0) is 16.1. The first-order valence-corrected chi connectivity index (χ1v) is 8.25. The van der Waals surface area contributed by atoms with Crippen molar-refractivity contribution >= 4 is 23.4 Å². The Hall–Kier alpha value is -1.55. The molecule has 0 heterocycles. The van der Waals surface area contributed by atoms with Crippen molar-refractivity contribution in [2.75, 3.05) is 19.6 Å². The summed E-state index contributed by atoms with van der Waals surface area (Å²) in [5, 5.41) is 3.62. The number of carbonyl (C=O) groups is 2. The molecule has 1 aromatic rings. The largest absolute Gasteiger partial charge is 0.356 e. The minimum Gasteiger partial charge on any atom is -0.356 e. The van der Waals surface area contributed by atoms with Crippen LogP contribution < -0.4 is 5.32 Å². The van der Waals surface area contributed by atoms with Gasteiger partial charge in [0.05, 0.1) is 11.8 Å². The maximum Gasteiger partial charge on any atom is 0.226 e. The molecule has 1 N–H and O–H groups in total. The van der Waals surface area contributed by atoms with Crippen LogP contribution in [0.15, 0.2) is 24.3 Å². The summed E-state index contributed by atoms with van der Waals surface area (Å²) in [6.07, 6.45) is 1.42. The predicted molar refractivity (Wildman–Crippen MR) is 87.7 cm³/mol. The first-order chi connectivity index (χ1) is 10.6. The highest BCUT2D eigenvalue weighted by atomic mass is 35.5. The second-order valence-corrected chi connectivity index (χ2v) is 6.07. The Morgan fingerprint density at radius 2 is 2.00 bits per heavy atom. The minimum absolute atomic E-state index is 0.00691. The number of benzene rings is 1. The van der Waals surface area contributed by atoms with E-state index in [9.17, 15) is 9.59 Å². The Bertz CT molecular complexity index is 543. The fourth-order valence-corrected chi connectivity index (χ4v) is 2.89. The van der Waals surface area contributed by atoms with Crippen LogP contribution in [-0.2, 0) is 16.0 Å². The third-order valence-electron chi connectivity index (χ3n) is 4.12. The molecule has 5 heteroatoms. The van der Waals surface area contributed by atoms with Gasteiger partial charge in [0.1, 0.15) is 0 Å². The number of hydrogen-bond donors (Lipinski definition) is 1. The van der Waals surface area contributed by atoms with E-state index in [4.69, 9.17) is 11.6 Å². The van der Waals surface area contributed by atoms with Crippen molar-refractivity contribution in [2.24, 2.45) is 11.8 Å². The van der Waals surface area contributed by atoms with Crippen LogP contribution in [0.3, 0.4) is 0 Å². The molecule has 0 aliphatic heterocycles. The van der Waals surface area contributed by atoms with Crippen molar-refractivity contribution in [2.45, 2.75) is 26.7 Å². The summed E-state index contributed by atoms with van der Waals surface area (Å²) >= 11 is 5.93. The lowest BCUT2D eigenvalue weighted by atomic mass is 10.1. The molecule has 2 unspecified atom stereocenters. The summed E-state index contributed by atoms with van der Waals surface area (Å²) in [5.41, 5.74) is 1.10. The van der Waals surface area contributed by atoms with Crippen molar-refractivity contribution < 1.29 is 9.59 Å². The van der Waals surface area contributed by atoms with Crippen molar-refractivity contribution in [3.63, 3.8) is 0 Å². The minimum atomic E-state index is -0.146. The summed E-state index contributed by atoms with van der Waals surface area (Å²) < 4.78 is 0.